The van der Waals surface area contributed by atoms with Crippen LogP contribution in [0.25, 0.3) is 0 Å². The van der Waals surface area contributed by atoms with Gasteiger partial charge in [0.1, 0.15) is 0 Å². The average Bonchev–Trinajstić information content (AvgIpc) is 2.05. The van der Waals surface area contributed by atoms with E-state index >= 15 is 0 Å². The lowest BCUT2D eigenvalue weighted by Gasteiger charge is -2.24. The molecule has 0 fully saturated rings. The molecule has 0 nitrogen and oxygen atoms in total. The van der Waals surface area contributed by atoms with Gasteiger partial charge in [-0.05, 0) is 32.9 Å². The summed E-state index contributed by atoms with van der Waals surface area (Å²) in [5.41, 5.74) is 1.21. The normalized spacial score (nSPS) is 11.3. The molecule has 13 heavy (non-hydrogen) atoms. The van der Waals surface area contributed by atoms with Crippen LogP contribution in [0.5, 0.6) is 0 Å². The lowest BCUT2D eigenvalue weighted by atomic mass is 10.1. The predicted octanol–water partition coefficient (Wildman–Crippen LogP) is 4.13. The Kier molecular flexibility index (Phi) is 3.21. The number of rotatable bonds is 3. The minimum atomic E-state index is 0.126. The molecule has 0 aliphatic heterocycles. The third kappa shape index (κ3) is 2.92. The Bertz CT molecular complexity index is 285. The summed E-state index contributed by atoms with van der Waals surface area (Å²) >= 11 is 1.85. The van der Waals surface area contributed by atoms with Crippen molar-refractivity contribution in [3.8, 4) is 0 Å². The molecule has 0 aliphatic carbocycles. The van der Waals surface area contributed by atoms with Crippen LogP contribution in [0.15, 0.2) is 47.4 Å². The Balaban J connectivity index is 2.75. The highest BCUT2D eigenvalue weighted by Gasteiger charge is 2.19. The van der Waals surface area contributed by atoms with Crippen LogP contribution in [0.4, 0.5) is 0 Å². The monoisotopic (exact) mass is 192 g/mol. The number of benzene rings is 1. The van der Waals surface area contributed by atoms with Gasteiger partial charge in [0.05, 0.1) is 0 Å². The van der Waals surface area contributed by atoms with Crippen molar-refractivity contribution in [2.75, 3.05) is 0 Å². The summed E-state index contributed by atoms with van der Waals surface area (Å²) in [7, 11) is 0. The molecule has 0 radical (unpaired) electrons. The summed E-state index contributed by atoms with van der Waals surface area (Å²) < 4.78 is 0.126. The van der Waals surface area contributed by atoms with E-state index in [0.29, 0.717) is 0 Å². The predicted molar refractivity (Wildman–Crippen MR) is 61.2 cm³/mol. The fraction of sp³-hybridized carbons (Fsp3) is 0.333. The zero-order valence-corrected chi connectivity index (χ0v) is 9.32. The lowest BCUT2D eigenvalue weighted by Crippen LogP contribution is -2.14. The molecule has 0 heterocycles. The molecule has 0 spiro atoms. The minimum absolute atomic E-state index is 0.126. The fourth-order valence-electron chi connectivity index (χ4n) is 0.870. The van der Waals surface area contributed by atoms with Crippen molar-refractivity contribution in [1.29, 1.82) is 0 Å². The molecule has 0 aromatic heterocycles. The van der Waals surface area contributed by atoms with E-state index in [1.54, 1.807) is 0 Å². The van der Waals surface area contributed by atoms with Gasteiger partial charge in [0.2, 0.25) is 0 Å². The van der Waals surface area contributed by atoms with Crippen molar-refractivity contribution < 1.29 is 0 Å². The van der Waals surface area contributed by atoms with Gasteiger partial charge < -0.3 is 0 Å². The van der Waals surface area contributed by atoms with Crippen LogP contribution in [0.3, 0.4) is 0 Å². The first kappa shape index (κ1) is 10.4. The number of thioether (sulfide) groups is 1. The van der Waals surface area contributed by atoms with Crippen molar-refractivity contribution in [3.05, 3.63) is 42.5 Å². The minimum Gasteiger partial charge on any atom is -0.115 e. The van der Waals surface area contributed by atoms with Crippen LogP contribution in [0, 0.1) is 0 Å². The van der Waals surface area contributed by atoms with Crippen LogP contribution < -0.4 is 0 Å². The first-order valence-corrected chi connectivity index (χ1v) is 5.24. The molecule has 0 saturated heterocycles. The largest absolute Gasteiger partial charge is 0.115 e. The maximum atomic E-state index is 4.00. The average molecular weight is 192 g/mol. The van der Waals surface area contributed by atoms with Crippen LogP contribution in [-0.4, -0.2) is 4.75 Å². The van der Waals surface area contributed by atoms with E-state index < -0.39 is 0 Å². The van der Waals surface area contributed by atoms with Crippen molar-refractivity contribution in [2.45, 2.75) is 30.4 Å². The van der Waals surface area contributed by atoms with E-state index in [2.05, 4.69) is 51.6 Å². The molecule has 0 atom stereocenters. The summed E-state index contributed by atoms with van der Waals surface area (Å²) in [6.07, 6.45) is 0. The molecule has 0 N–H and O–H groups in total. The molecule has 0 unspecified atom stereocenters. The van der Waals surface area contributed by atoms with Crippen LogP contribution in [0.2, 0.25) is 0 Å². The van der Waals surface area contributed by atoms with Crippen molar-refractivity contribution in [1.82, 2.24) is 0 Å². The van der Waals surface area contributed by atoms with Gasteiger partial charge in [0.25, 0.3) is 0 Å². The molecular weight excluding hydrogens is 176 g/mol. The smallest absolute Gasteiger partial charge is 0.0353 e. The Hall–Kier alpha value is -0.690. The van der Waals surface area contributed by atoms with Crippen LogP contribution in [-0.2, 0) is 0 Å². The molecule has 1 aromatic carbocycles. The van der Waals surface area contributed by atoms with Gasteiger partial charge in [-0.15, -0.1) is 11.8 Å². The summed E-state index contributed by atoms with van der Waals surface area (Å²) in [5.74, 6) is 0. The van der Waals surface area contributed by atoms with Gasteiger partial charge in [-0.25, -0.2) is 0 Å². The van der Waals surface area contributed by atoms with Crippen molar-refractivity contribution in [2.24, 2.45) is 0 Å². The molecule has 0 saturated carbocycles. The zero-order valence-electron chi connectivity index (χ0n) is 8.50. The van der Waals surface area contributed by atoms with Gasteiger partial charge in [-0.1, -0.05) is 30.4 Å². The Morgan fingerprint density at radius 3 is 2.23 bits per heavy atom. The van der Waals surface area contributed by atoms with E-state index in [1.165, 1.54) is 10.5 Å². The zero-order chi connectivity index (χ0) is 9.90. The molecule has 1 heteroatoms. The van der Waals surface area contributed by atoms with E-state index in [4.69, 9.17) is 0 Å². The van der Waals surface area contributed by atoms with E-state index in [9.17, 15) is 0 Å². The van der Waals surface area contributed by atoms with E-state index in [-0.39, 0.29) is 4.75 Å². The lowest BCUT2D eigenvalue weighted by molar-refractivity contribution is 0.836. The van der Waals surface area contributed by atoms with Gasteiger partial charge >= 0.3 is 0 Å². The standard InChI is InChI=1S/C12H16S/c1-10(2)12(3,4)13-11-8-6-5-7-9-11/h5-9H,1H2,2-4H3. The van der Waals surface area contributed by atoms with Crippen molar-refractivity contribution >= 4 is 11.8 Å². The molecule has 1 rings (SSSR count). The third-order valence-corrected chi connectivity index (χ3v) is 3.51. The molecular formula is C12H16S. The first-order valence-electron chi connectivity index (χ1n) is 4.42. The quantitative estimate of drug-likeness (QED) is 0.512. The fourth-order valence-corrected chi connectivity index (χ4v) is 1.93. The van der Waals surface area contributed by atoms with Gasteiger partial charge in [-0.2, -0.15) is 0 Å². The Morgan fingerprint density at radius 2 is 1.77 bits per heavy atom. The van der Waals surface area contributed by atoms with Gasteiger partial charge in [0.15, 0.2) is 0 Å². The highest BCUT2D eigenvalue weighted by Crippen LogP contribution is 2.36. The highest BCUT2D eigenvalue weighted by molar-refractivity contribution is 8.00. The van der Waals surface area contributed by atoms with Crippen LogP contribution in [0.1, 0.15) is 20.8 Å². The van der Waals surface area contributed by atoms with Crippen molar-refractivity contribution in [3.63, 3.8) is 0 Å². The summed E-state index contributed by atoms with van der Waals surface area (Å²) in [4.78, 5) is 1.30. The number of hydrogen-bond acceptors (Lipinski definition) is 1. The Morgan fingerprint density at radius 1 is 1.23 bits per heavy atom. The summed E-state index contributed by atoms with van der Waals surface area (Å²) in [6, 6.07) is 10.4. The highest BCUT2D eigenvalue weighted by atomic mass is 32.2. The second kappa shape index (κ2) is 4.01. The summed E-state index contributed by atoms with van der Waals surface area (Å²) in [6.45, 7) is 10.5. The van der Waals surface area contributed by atoms with E-state index in [0.717, 1.165) is 0 Å². The molecule has 0 bridgehead atoms. The topological polar surface area (TPSA) is 0 Å². The summed E-state index contributed by atoms with van der Waals surface area (Å²) in [5, 5.41) is 0. The van der Waals surface area contributed by atoms with Gasteiger partial charge in [-0.3, -0.25) is 0 Å². The van der Waals surface area contributed by atoms with E-state index in [1.807, 2.05) is 17.8 Å². The Labute approximate surface area is 85.1 Å². The SMILES string of the molecule is C=C(C)C(C)(C)Sc1ccccc1. The maximum absolute atomic E-state index is 4.00. The van der Waals surface area contributed by atoms with Gasteiger partial charge in [0, 0.05) is 9.64 Å². The first-order chi connectivity index (χ1) is 6.02. The maximum Gasteiger partial charge on any atom is 0.0353 e. The molecule has 0 aliphatic rings. The van der Waals surface area contributed by atoms with Crippen LogP contribution >= 0.6 is 11.8 Å². The second-order valence-corrected chi connectivity index (χ2v) is 5.40. The second-order valence-electron chi connectivity index (χ2n) is 3.71. The third-order valence-electron chi connectivity index (χ3n) is 2.14. The molecule has 1 aromatic rings. The molecule has 0 amide bonds. The number of hydrogen-bond donors (Lipinski definition) is 0. The molecule has 70 valence electrons.